The summed E-state index contributed by atoms with van der Waals surface area (Å²) in [5, 5.41) is 0. The van der Waals surface area contributed by atoms with Crippen molar-refractivity contribution in [1.82, 2.24) is 0 Å². The average Bonchev–Trinajstić information content (AvgIpc) is 2.61. The van der Waals surface area contributed by atoms with E-state index in [9.17, 15) is 4.79 Å². The van der Waals surface area contributed by atoms with Gasteiger partial charge in [-0.05, 0) is 60.1 Å². The van der Waals surface area contributed by atoms with Gasteiger partial charge in [0.2, 0.25) is 0 Å². The summed E-state index contributed by atoms with van der Waals surface area (Å²) in [5.41, 5.74) is 2.87. The Kier molecular flexibility index (Phi) is 5.08. The van der Waals surface area contributed by atoms with E-state index >= 15 is 0 Å². The standard InChI is InChI=1S/C23H28O3/c1-17(24)26-21-12-8-19(9-13-21)23(15-5-14-22(2,3)16-23)18-6-10-20(25-4)11-7-18/h6-13H,5,14-16H2,1-4H3. The zero-order chi connectivity index (χ0) is 18.8. The fraction of sp³-hybridized carbons (Fsp3) is 0.435. The summed E-state index contributed by atoms with van der Waals surface area (Å²) in [5.74, 6) is 1.19. The second-order valence-electron chi connectivity index (χ2n) is 8.12. The SMILES string of the molecule is COc1ccc(C2(c3ccc(OC(C)=O)cc3)CCCC(C)(C)C2)cc1. The van der Waals surface area contributed by atoms with E-state index in [0.29, 0.717) is 5.75 Å². The highest BCUT2D eigenvalue weighted by molar-refractivity contribution is 5.69. The van der Waals surface area contributed by atoms with Gasteiger partial charge < -0.3 is 9.47 Å². The fourth-order valence-electron chi connectivity index (χ4n) is 4.44. The minimum atomic E-state index is -0.290. The number of hydrogen-bond donors (Lipinski definition) is 0. The number of carbonyl (C=O) groups is 1. The molecule has 138 valence electrons. The normalized spacial score (nSPS) is 21.8. The Bertz CT molecular complexity index is 759. The van der Waals surface area contributed by atoms with Crippen molar-refractivity contribution in [3.05, 3.63) is 59.7 Å². The highest BCUT2D eigenvalue weighted by atomic mass is 16.5. The van der Waals surface area contributed by atoms with Gasteiger partial charge in [0, 0.05) is 12.3 Å². The van der Waals surface area contributed by atoms with E-state index in [2.05, 4.69) is 38.1 Å². The number of esters is 1. The molecular formula is C23H28O3. The molecule has 0 aromatic heterocycles. The molecule has 0 bridgehead atoms. The molecule has 3 heteroatoms. The molecule has 1 aliphatic rings. The summed E-state index contributed by atoms with van der Waals surface area (Å²) in [6.07, 6.45) is 4.66. The van der Waals surface area contributed by atoms with E-state index in [1.165, 1.54) is 30.9 Å². The van der Waals surface area contributed by atoms with Crippen LogP contribution in [0.5, 0.6) is 11.5 Å². The minimum absolute atomic E-state index is 0.0250. The van der Waals surface area contributed by atoms with Crippen LogP contribution in [0.3, 0.4) is 0 Å². The van der Waals surface area contributed by atoms with Crippen molar-refractivity contribution < 1.29 is 14.3 Å². The monoisotopic (exact) mass is 352 g/mol. The number of ether oxygens (including phenoxy) is 2. The molecule has 0 N–H and O–H groups in total. The number of carbonyl (C=O) groups excluding carboxylic acids is 1. The van der Waals surface area contributed by atoms with Crippen LogP contribution in [0.2, 0.25) is 0 Å². The highest BCUT2D eigenvalue weighted by Crippen LogP contribution is 2.51. The van der Waals surface area contributed by atoms with Crippen LogP contribution < -0.4 is 9.47 Å². The van der Waals surface area contributed by atoms with Gasteiger partial charge in [-0.1, -0.05) is 44.5 Å². The zero-order valence-electron chi connectivity index (χ0n) is 16.2. The highest BCUT2D eigenvalue weighted by Gasteiger charge is 2.42. The summed E-state index contributed by atoms with van der Waals surface area (Å²) < 4.78 is 10.6. The molecule has 26 heavy (non-hydrogen) atoms. The molecule has 0 spiro atoms. The molecule has 1 saturated carbocycles. The molecule has 3 rings (SSSR count). The average molecular weight is 352 g/mol. The Morgan fingerprint density at radius 3 is 1.88 bits per heavy atom. The summed E-state index contributed by atoms with van der Waals surface area (Å²) in [4.78, 5) is 11.2. The molecule has 3 nitrogen and oxygen atoms in total. The summed E-state index contributed by atoms with van der Waals surface area (Å²) >= 11 is 0. The van der Waals surface area contributed by atoms with Crippen molar-refractivity contribution in [2.24, 2.45) is 5.41 Å². The summed E-state index contributed by atoms with van der Waals surface area (Å²) in [7, 11) is 1.70. The van der Waals surface area contributed by atoms with Crippen LogP contribution >= 0.6 is 0 Å². The Hall–Kier alpha value is -2.29. The van der Waals surface area contributed by atoms with Crippen molar-refractivity contribution in [3.8, 4) is 11.5 Å². The van der Waals surface area contributed by atoms with Crippen LogP contribution in [-0.2, 0) is 10.2 Å². The van der Waals surface area contributed by atoms with Crippen molar-refractivity contribution in [2.75, 3.05) is 7.11 Å². The number of methoxy groups -OCH3 is 1. The first-order chi connectivity index (χ1) is 12.3. The quantitative estimate of drug-likeness (QED) is 0.538. The molecule has 0 heterocycles. The van der Waals surface area contributed by atoms with Gasteiger partial charge >= 0.3 is 5.97 Å². The van der Waals surface area contributed by atoms with Crippen molar-refractivity contribution >= 4 is 5.97 Å². The Labute approximate surface area is 156 Å². The smallest absolute Gasteiger partial charge is 0.308 e. The van der Waals surface area contributed by atoms with Crippen molar-refractivity contribution in [2.45, 2.75) is 51.9 Å². The lowest BCUT2D eigenvalue weighted by molar-refractivity contribution is -0.131. The third-order valence-corrected chi connectivity index (χ3v) is 5.55. The van der Waals surface area contributed by atoms with Gasteiger partial charge in [-0.2, -0.15) is 0 Å². The van der Waals surface area contributed by atoms with Gasteiger partial charge in [-0.3, -0.25) is 4.79 Å². The molecular weight excluding hydrogens is 324 g/mol. The van der Waals surface area contributed by atoms with E-state index in [4.69, 9.17) is 9.47 Å². The van der Waals surface area contributed by atoms with E-state index in [1.807, 2.05) is 24.3 Å². The maximum Gasteiger partial charge on any atom is 0.308 e. The van der Waals surface area contributed by atoms with Crippen LogP contribution in [-0.4, -0.2) is 13.1 Å². The molecule has 1 atom stereocenters. The van der Waals surface area contributed by atoms with Crippen LogP contribution in [0, 0.1) is 5.41 Å². The molecule has 2 aromatic carbocycles. The Morgan fingerprint density at radius 1 is 0.885 bits per heavy atom. The lowest BCUT2D eigenvalue weighted by atomic mass is 9.58. The van der Waals surface area contributed by atoms with Gasteiger partial charge in [-0.15, -0.1) is 0 Å². The Balaban J connectivity index is 2.04. The molecule has 0 aliphatic heterocycles. The predicted molar refractivity (Wildman–Crippen MR) is 104 cm³/mol. The molecule has 1 fully saturated rings. The largest absolute Gasteiger partial charge is 0.497 e. The topological polar surface area (TPSA) is 35.5 Å². The van der Waals surface area contributed by atoms with Crippen LogP contribution in [0.15, 0.2) is 48.5 Å². The predicted octanol–water partition coefficient (Wildman–Crippen LogP) is 5.51. The van der Waals surface area contributed by atoms with E-state index in [-0.39, 0.29) is 16.8 Å². The molecule has 1 aliphatic carbocycles. The molecule has 0 amide bonds. The molecule has 2 aromatic rings. The van der Waals surface area contributed by atoms with Gasteiger partial charge in [-0.25, -0.2) is 0 Å². The number of hydrogen-bond acceptors (Lipinski definition) is 3. The number of benzene rings is 2. The van der Waals surface area contributed by atoms with Gasteiger partial charge in [0.05, 0.1) is 7.11 Å². The maximum absolute atomic E-state index is 11.2. The third kappa shape index (κ3) is 3.77. The van der Waals surface area contributed by atoms with Crippen LogP contribution in [0.25, 0.3) is 0 Å². The minimum Gasteiger partial charge on any atom is -0.497 e. The first-order valence-electron chi connectivity index (χ1n) is 9.28. The second kappa shape index (κ2) is 7.14. The summed E-state index contributed by atoms with van der Waals surface area (Å²) in [6, 6.07) is 16.5. The van der Waals surface area contributed by atoms with E-state index in [1.54, 1.807) is 7.11 Å². The molecule has 0 saturated heterocycles. The zero-order valence-corrected chi connectivity index (χ0v) is 16.2. The van der Waals surface area contributed by atoms with Crippen molar-refractivity contribution in [1.29, 1.82) is 0 Å². The lowest BCUT2D eigenvalue weighted by Crippen LogP contribution is -2.37. The first kappa shape index (κ1) is 18.5. The first-order valence-corrected chi connectivity index (χ1v) is 9.28. The second-order valence-corrected chi connectivity index (χ2v) is 8.12. The lowest BCUT2D eigenvalue weighted by Gasteiger charge is -2.46. The molecule has 1 unspecified atom stereocenters. The Morgan fingerprint density at radius 2 is 1.42 bits per heavy atom. The van der Waals surface area contributed by atoms with Gasteiger partial charge in [0.1, 0.15) is 11.5 Å². The summed E-state index contributed by atoms with van der Waals surface area (Å²) in [6.45, 7) is 6.14. The van der Waals surface area contributed by atoms with E-state index in [0.717, 1.165) is 18.6 Å². The van der Waals surface area contributed by atoms with Crippen molar-refractivity contribution in [3.63, 3.8) is 0 Å². The van der Waals surface area contributed by atoms with Gasteiger partial charge in [0.25, 0.3) is 0 Å². The van der Waals surface area contributed by atoms with E-state index < -0.39 is 0 Å². The third-order valence-electron chi connectivity index (χ3n) is 5.55. The van der Waals surface area contributed by atoms with Crippen LogP contribution in [0.4, 0.5) is 0 Å². The van der Waals surface area contributed by atoms with Gasteiger partial charge in [0.15, 0.2) is 0 Å². The maximum atomic E-state index is 11.2. The number of rotatable bonds is 4. The fourth-order valence-corrected chi connectivity index (χ4v) is 4.44. The molecule has 0 radical (unpaired) electrons. The van der Waals surface area contributed by atoms with Crippen LogP contribution in [0.1, 0.15) is 57.6 Å².